The Hall–Kier alpha value is -6.57. The maximum Gasteiger partial charge on any atom is 0.164 e. The molecule has 0 spiro atoms. The molecule has 57 heavy (non-hydrogen) atoms. The number of hydrogen-bond donors (Lipinski definition) is 0. The smallest absolute Gasteiger partial charge is 0.164 e. The van der Waals surface area contributed by atoms with Crippen LogP contribution < -0.4 is 0 Å². The van der Waals surface area contributed by atoms with Gasteiger partial charge < -0.3 is 0 Å². The van der Waals surface area contributed by atoms with Crippen molar-refractivity contribution in [3.63, 3.8) is 0 Å². The third-order valence-electron chi connectivity index (χ3n) is 10.9. The van der Waals surface area contributed by atoms with E-state index in [1.54, 1.807) is 0 Å². The van der Waals surface area contributed by atoms with Gasteiger partial charge in [0.2, 0.25) is 0 Å². The molecule has 0 unspecified atom stereocenters. The maximum atomic E-state index is 5.04. The van der Waals surface area contributed by atoms with E-state index >= 15 is 0 Å². The fourth-order valence-electron chi connectivity index (χ4n) is 8.32. The van der Waals surface area contributed by atoms with Crippen molar-refractivity contribution < 1.29 is 0 Å². The van der Waals surface area contributed by atoms with E-state index in [9.17, 15) is 0 Å². The number of fused-ring (bicyclic) bond motifs is 9. The van der Waals surface area contributed by atoms with Crippen LogP contribution in [0.5, 0.6) is 0 Å². The van der Waals surface area contributed by atoms with Gasteiger partial charge in [0.15, 0.2) is 17.5 Å². The van der Waals surface area contributed by atoms with Gasteiger partial charge in [0, 0.05) is 82.8 Å². The van der Waals surface area contributed by atoms with E-state index in [1.165, 1.54) is 82.8 Å². The van der Waals surface area contributed by atoms with E-state index in [4.69, 9.17) is 15.0 Å². The van der Waals surface area contributed by atoms with E-state index in [2.05, 4.69) is 140 Å². The molecular weight excluding hydrogens is 751 g/mol. The Labute approximate surface area is 339 Å². The number of benzene rings is 8. The zero-order valence-electron chi connectivity index (χ0n) is 30.3. The summed E-state index contributed by atoms with van der Waals surface area (Å²) in [4.78, 5) is 15.0. The standard InChI is InChI=1S/C51H29N3S3/c1-3-13-30(14-4-1)49-52-50(31-15-5-2-6-16-31)54-51(53-49)32-25-26-38-45(29-32)56-44-24-12-20-36(47(38)44)40-28-33(27-39-35-17-7-9-21-41(35)57-48(39)40)34-19-11-23-43-46(34)37-18-8-10-22-42(37)55-43/h1-29H. The Bertz CT molecular complexity index is 3470. The first-order valence-corrected chi connectivity index (χ1v) is 21.4. The minimum absolute atomic E-state index is 0.663. The van der Waals surface area contributed by atoms with Crippen molar-refractivity contribution in [1.29, 1.82) is 0 Å². The van der Waals surface area contributed by atoms with E-state index in [-0.39, 0.29) is 0 Å². The van der Waals surface area contributed by atoms with Gasteiger partial charge in [-0.3, -0.25) is 0 Å². The summed E-state index contributed by atoms with van der Waals surface area (Å²) in [6.07, 6.45) is 0. The maximum absolute atomic E-state index is 5.04. The van der Waals surface area contributed by atoms with Crippen molar-refractivity contribution >= 4 is 94.5 Å². The van der Waals surface area contributed by atoms with Crippen LogP contribution in [0.4, 0.5) is 0 Å². The second-order valence-electron chi connectivity index (χ2n) is 14.3. The van der Waals surface area contributed by atoms with Gasteiger partial charge in [0.05, 0.1) is 0 Å². The van der Waals surface area contributed by atoms with Gasteiger partial charge in [0.1, 0.15) is 0 Å². The van der Waals surface area contributed by atoms with Gasteiger partial charge in [-0.2, -0.15) is 0 Å². The highest BCUT2D eigenvalue weighted by Crippen LogP contribution is 2.49. The average Bonchev–Trinajstić information content (AvgIpc) is 3.97. The fraction of sp³-hybridized carbons (Fsp3) is 0. The number of aromatic nitrogens is 3. The third kappa shape index (κ3) is 5.33. The number of hydrogen-bond acceptors (Lipinski definition) is 6. The van der Waals surface area contributed by atoms with Crippen LogP contribution in [0.3, 0.4) is 0 Å². The largest absolute Gasteiger partial charge is 0.208 e. The summed E-state index contributed by atoms with van der Waals surface area (Å²) in [5.41, 5.74) is 7.94. The molecule has 0 saturated heterocycles. The normalized spacial score (nSPS) is 11.9. The molecule has 0 bridgehead atoms. The number of rotatable bonds is 5. The number of nitrogens with zero attached hydrogens (tertiary/aromatic N) is 3. The van der Waals surface area contributed by atoms with Crippen molar-refractivity contribution in [3.8, 4) is 56.4 Å². The molecule has 0 saturated carbocycles. The molecule has 4 aromatic heterocycles. The predicted molar refractivity (Wildman–Crippen MR) is 246 cm³/mol. The van der Waals surface area contributed by atoms with Crippen molar-refractivity contribution in [3.05, 3.63) is 176 Å². The Morgan fingerprint density at radius 1 is 0.281 bits per heavy atom. The van der Waals surface area contributed by atoms with Crippen LogP contribution in [-0.4, -0.2) is 15.0 Å². The minimum Gasteiger partial charge on any atom is -0.208 e. The van der Waals surface area contributed by atoms with Crippen LogP contribution in [-0.2, 0) is 0 Å². The van der Waals surface area contributed by atoms with Crippen LogP contribution in [0.15, 0.2) is 176 Å². The average molecular weight is 780 g/mol. The molecule has 266 valence electrons. The number of thiophene rings is 3. The lowest BCUT2D eigenvalue weighted by molar-refractivity contribution is 1.07. The molecule has 8 aromatic carbocycles. The molecule has 0 N–H and O–H groups in total. The van der Waals surface area contributed by atoms with Crippen LogP contribution in [0.1, 0.15) is 0 Å². The fourth-order valence-corrected chi connectivity index (χ4v) is 11.8. The van der Waals surface area contributed by atoms with E-state index < -0.39 is 0 Å². The molecule has 0 aliphatic rings. The zero-order chi connectivity index (χ0) is 37.5. The monoisotopic (exact) mass is 779 g/mol. The summed E-state index contributed by atoms with van der Waals surface area (Å²) >= 11 is 5.60. The highest BCUT2D eigenvalue weighted by molar-refractivity contribution is 7.27. The Kier molecular flexibility index (Phi) is 7.45. The van der Waals surface area contributed by atoms with Crippen molar-refractivity contribution in [1.82, 2.24) is 15.0 Å². The van der Waals surface area contributed by atoms with Crippen LogP contribution >= 0.6 is 34.0 Å². The van der Waals surface area contributed by atoms with Crippen molar-refractivity contribution in [2.45, 2.75) is 0 Å². The first kappa shape index (κ1) is 32.7. The van der Waals surface area contributed by atoms with Crippen molar-refractivity contribution in [2.24, 2.45) is 0 Å². The molecule has 6 heteroatoms. The van der Waals surface area contributed by atoms with Gasteiger partial charge in [-0.1, -0.05) is 133 Å². The predicted octanol–water partition coefficient (Wildman–Crippen LogP) is 15.3. The molecule has 4 heterocycles. The molecule has 3 nitrogen and oxygen atoms in total. The lowest BCUT2D eigenvalue weighted by atomic mass is 9.92. The Morgan fingerprint density at radius 3 is 1.51 bits per heavy atom. The zero-order valence-corrected chi connectivity index (χ0v) is 32.8. The summed E-state index contributed by atoms with van der Waals surface area (Å²) < 4.78 is 7.72. The topological polar surface area (TPSA) is 38.7 Å². The van der Waals surface area contributed by atoms with Gasteiger partial charge in [-0.15, -0.1) is 34.0 Å². The summed E-state index contributed by atoms with van der Waals surface area (Å²) in [6.45, 7) is 0. The summed E-state index contributed by atoms with van der Waals surface area (Å²) in [6, 6.07) is 63.1. The lowest BCUT2D eigenvalue weighted by Crippen LogP contribution is -1.99. The molecule has 12 aromatic rings. The Balaban J connectivity index is 1.07. The first-order chi connectivity index (χ1) is 28.2. The van der Waals surface area contributed by atoms with Gasteiger partial charge in [-0.05, 0) is 59.2 Å². The quantitative estimate of drug-likeness (QED) is 0.175. The lowest BCUT2D eigenvalue weighted by Gasteiger charge is -2.12. The first-order valence-electron chi connectivity index (χ1n) is 18.9. The van der Waals surface area contributed by atoms with Crippen molar-refractivity contribution in [2.75, 3.05) is 0 Å². The minimum atomic E-state index is 0.663. The van der Waals surface area contributed by atoms with E-state index in [1.807, 2.05) is 70.4 Å². The molecular formula is C51H29N3S3. The second-order valence-corrected chi connectivity index (χ2v) is 17.5. The van der Waals surface area contributed by atoms with Gasteiger partial charge in [-0.25, -0.2) is 15.0 Å². The highest BCUT2D eigenvalue weighted by Gasteiger charge is 2.20. The molecule has 0 fully saturated rings. The van der Waals surface area contributed by atoms with E-state index in [0.717, 1.165) is 16.7 Å². The van der Waals surface area contributed by atoms with Crippen LogP contribution in [0.25, 0.3) is 117 Å². The highest BCUT2D eigenvalue weighted by atomic mass is 32.1. The molecule has 0 aliphatic heterocycles. The van der Waals surface area contributed by atoms with Crippen LogP contribution in [0.2, 0.25) is 0 Å². The van der Waals surface area contributed by atoms with Crippen LogP contribution in [0, 0.1) is 0 Å². The molecule has 0 atom stereocenters. The molecule has 12 rings (SSSR count). The summed E-state index contributed by atoms with van der Waals surface area (Å²) in [7, 11) is 0. The molecule has 0 aliphatic carbocycles. The van der Waals surface area contributed by atoms with E-state index in [0.29, 0.717) is 17.5 Å². The molecule has 0 radical (unpaired) electrons. The van der Waals surface area contributed by atoms with Gasteiger partial charge in [0.25, 0.3) is 0 Å². The third-order valence-corrected chi connectivity index (χ3v) is 14.4. The Morgan fingerprint density at radius 2 is 0.807 bits per heavy atom. The SMILES string of the molecule is c1ccc(-c2nc(-c3ccccc3)nc(-c3ccc4c(c3)sc3cccc(-c5cc(-c6cccc7sc8ccccc8c67)cc6c5sc5ccccc56)c34)n2)cc1. The summed E-state index contributed by atoms with van der Waals surface area (Å²) in [5, 5.41) is 7.77. The van der Waals surface area contributed by atoms with Gasteiger partial charge >= 0.3 is 0 Å². The summed E-state index contributed by atoms with van der Waals surface area (Å²) in [5.74, 6) is 1.99. The molecule has 0 amide bonds. The second kappa shape index (κ2) is 13.0.